The number of carbonyl (C=O) groups excluding carboxylic acids is 2. The lowest BCUT2D eigenvalue weighted by Crippen LogP contribution is -2.52. The maximum atomic E-state index is 13.8. The second kappa shape index (κ2) is 14.0. The molecule has 0 fully saturated rings. The molecule has 7 nitrogen and oxygen atoms in total. The summed E-state index contributed by atoms with van der Waals surface area (Å²) in [6.45, 7) is 7.88. The van der Waals surface area contributed by atoms with Gasteiger partial charge in [-0.2, -0.15) is 0 Å². The van der Waals surface area contributed by atoms with Gasteiger partial charge in [0.25, 0.3) is 0 Å². The van der Waals surface area contributed by atoms with Crippen LogP contribution in [0.25, 0.3) is 0 Å². The van der Waals surface area contributed by atoms with Crippen LogP contribution in [0.15, 0.2) is 42.5 Å². The van der Waals surface area contributed by atoms with Gasteiger partial charge in [0.05, 0.1) is 11.9 Å². The van der Waals surface area contributed by atoms with E-state index in [9.17, 15) is 18.0 Å². The fourth-order valence-electron chi connectivity index (χ4n) is 3.92. The van der Waals surface area contributed by atoms with E-state index in [1.807, 2.05) is 32.9 Å². The molecule has 2 aromatic carbocycles. The molecule has 0 saturated carbocycles. The van der Waals surface area contributed by atoms with Crippen LogP contribution in [0.2, 0.25) is 10.0 Å². The molecule has 1 unspecified atom stereocenters. The standard InChI is InChI=1S/C27H37Cl2N3O4S/c1-6-8-16-30-27(34)25(7-2)31(17-22-23(28)10-9-11-24(22)29)26(33)18-32(37(5,35)36)21-14-12-20(13-15-21)19(3)4/h9-15,19,25H,6-8,16-18H2,1-5H3,(H,30,34). The molecule has 0 bridgehead atoms. The number of benzene rings is 2. The predicted molar refractivity (Wildman–Crippen MR) is 152 cm³/mol. The zero-order valence-electron chi connectivity index (χ0n) is 22.1. The van der Waals surface area contributed by atoms with E-state index in [2.05, 4.69) is 5.32 Å². The van der Waals surface area contributed by atoms with Gasteiger partial charge in [0, 0.05) is 28.7 Å². The summed E-state index contributed by atoms with van der Waals surface area (Å²) in [4.78, 5) is 28.2. The van der Waals surface area contributed by atoms with Crippen LogP contribution in [-0.4, -0.2) is 50.5 Å². The molecule has 2 aromatic rings. The Labute approximate surface area is 231 Å². The summed E-state index contributed by atoms with van der Waals surface area (Å²) in [5.41, 5.74) is 1.91. The van der Waals surface area contributed by atoms with Crippen molar-refractivity contribution < 1.29 is 18.0 Å². The minimum atomic E-state index is -3.81. The number of nitrogens with zero attached hydrogens (tertiary/aromatic N) is 2. The highest BCUT2D eigenvalue weighted by molar-refractivity contribution is 7.92. The maximum Gasteiger partial charge on any atom is 0.244 e. The van der Waals surface area contributed by atoms with Crippen LogP contribution in [-0.2, 0) is 26.2 Å². The van der Waals surface area contributed by atoms with Gasteiger partial charge in [0.15, 0.2) is 0 Å². The van der Waals surface area contributed by atoms with E-state index < -0.39 is 28.5 Å². The van der Waals surface area contributed by atoms with Crippen LogP contribution in [0, 0.1) is 0 Å². The van der Waals surface area contributed by atoms with Gasteiger partial charge in [-0.1, -0.05) is 75.5 Å². The van der Waals surface area contributed by atoms with Gasteiger partial charge in [-0.25, -0.2) is 8.42 Å². The Hall–Kier alpha value is -2.29. The van der Waals surface area contributed by atoms with Crippen LogP contribution in [0.5, 0.6) is 0 Å². The number of unbranched alkanes of at least 4 members (excludes halogenated alkanes) is 1. The average molecular weight is 571 g/mol. The van der Waals surface area contributed by atoms with Crippen molar-refractivity contribution in [1.82, 2.24) is 10.2 Å². The van der Waals surface area contributed by atoms with Crippen molar-refractivity contribution in [2.24, 2.45) is 0 Å². The Morgan fingerprint density at radius 3 is 2.08 bits per heavy atom. The number of hydrogen-bond donors (Lipinski definition) is 1. The molecule has 0 aromatic heterocycles. The highest BCUT2D eigenvalue weighted by Gasteiger charge is 2.32. The largest absolute Gasteiger partial charge is 0.354 e. The summed E-state index contributed by atoms with van der Waals surface area (Å²) in [5.74, 6) is -0.568. The molecule has 2 rings (SSSR count). The monoisotopic (exact) mass is 569 g/mol. The molecule has 0 heterocycles. The average Bonchev–Trinajstić information content (AvgIpc) is 2.83. The van der Waals surface area contributed by atoms with Gasteiger partial charge in [-0.3, -0.25) is 13.9 Å². The van der Waals surface area contributed by atoms with Gasteiger partial charge in [0.1, 0.15) is 12.6 Å². The number of amides is 2. The summed E-state index contributed by atoms with van der Waals surface area (Å²) >= 11 is 12.8. The summed E-state index contributed by atoms with van der Waals surface area (Å²) in [5, 5.41) is 3.60. The summed E-state index contributed by atoms with van der Waals surface area (Å²) < 4.78 is 26.6. The molecule has 0 radical (unpaired) electrons. The van der Waals surface area contributed by atoms with Gasteiger partial charge in [-0.15, -0.1) is 0 Å². The number of sulfonamides is 1. The van der Waals surface area contributed by atoms with Crippen molar-refractivity contribution >= 4 is 50.7 Å². The number of hydrogen-bond acceptors (Lipinski definition) is 4. The summed E-state index contributed by atoms with van der Waals surface area (Å²) in [6.07, 6.45) is 3.10. The number of nitrogens with one attached hydrogen (secondary N) is 1. The van der Waals surface area contributed by atoms with E-state index in [4.69, 9.17) is 23.2 Å². The molecule has 2 amide bonds. The van der Waals surface area contributed by atoms with E-state index in [0.717, 1.165) is 29.0 Å². The van der Waals surface area contributed by atoms with Crippen LogP contribution in [0.1, 0.15) is 64.0 Å². The lowest BCUT2D eigenvalue weighted by Gasteiger charge is -2.33. The van der Waals surface area contributed by atoms with Gasteiger partial charge in [0.2, 0.25) is 21.8 Å². The third kappa shape index (κ3) is 8.62. The van der Waals surface area contributed by atoms with Gasteiger partial charge >= 0.3 is 0 Å². The molecule has 0 saturated heterocycles. The van der Waals surface area contributed by atoms with E-state index in [0.29, 0.717) is 34.3 Å². The normalized spacial score (nSPS) is 12.3. The highest BCUT2D eigenvalue weighted by Crippen LogP contribution is 2.28. The zero-order valence-corrected chi connectivity index (χ0v) is 24.5. The minimum absolute atomic E-state index is 0.0407. The predicted octanol–water partition coefficient (Wildman–Crippen LogP) is 5.61. The number of halogens is 2. The molecule has 1 N–H and O–H groups in total. The third-order valence-corrected chi connectivity index (χ3v) is 7.98. The first-order valence-electron chi connectivity index (χ1n) is 12.5. The fourth-order valence-corrected chi connectivity index (χ4v) is 5.29. The van der Waals surface area contributed by atoms with E-state index in [-0.39, 0.29) is 18.4 Å². The molecule has 1 atom stereocenters. The van der Waals surface area contributed by atoms with Gasteiger partial charge in [-0.05, 0) is 48.6 Å². The number of carbonyl (C=O) groups is 2. The summed E-state index contributed by atoms with van der Waals surface area (Å²) in [7, 11) is -3.81. The third-order valence-electron chi connectivity index (χ3n) is 6.13. The zero-order chi connectivity index (χ0) is 27.8. The van der Waals surface area contributed by atoms with Crippen molar-refractivity contribution in [1.29, 1.82) is 0 Å². The topological polar surface area (TPSA) is 86.8 Å². The summed E-state index contributed by atoms with van der Waals surface area (Å²) in [6, 6.07) is 11.3. The van der Waals surface area contributed by atoms with Crippen molar-refractivity contribution in [2.75, 3.05) is 23.7 Å². The van der Waals surface area contributed by atoms with E-state index in [1.165, 1.54) is 4.90 Å². The lowest BCUT2D eigenvalue weighted by molar-refractivity contribution is -0.140. The van der Waals surface area contributed by atoms with Crippen LogP contribution < -0.4 is 9.62 Å². The second-order valence-corrected chi connectivity index (χ2v) is 12.0. The Kier molecular flexibility index (Phi) is 11.7. The van der Waals surface area contributed by atoms with Crippen molar-refractivity contribution in [2.45, 2.75) is 65.5 Å². The molecule has 0 aliphatic heterocycles. The van der Waals surface area contributed by atoms with Crippen molar-refractivity contribution in [3.05, 3.63) is 63.6 Å². The molecule has 10 heteroatoms. The smallest absolute Gasteiger partial charge is 0.244 e. The SMILES string of the molecule is CCCCNC(=O)C(CC)N(Cc1c(Cl)cccc1Cl)C(=O)CN(c1ccc(C(C)C)cc1)S(C)(=O)=O. The molecule has 37 heavy (non-hydrogen) atoms. The fraction of sp³-hybridized carbons (Fsp3) is 0.481. The van der Waals surface area contributed by atoms with Crippen LogP contribution in [0.3, 0.4) is 0 Å². The number of anilines is 1. The van der Waals surface area contributed by atoms with E-state index >= 15 is 0 Å². The first-order chi connectivity index (χ1) is 17.4. The molecule has 0 aliphatic rings. The van der Waals surface area contributed by atoms with Crippen molar-refractivity contribution in [3.8, 4) is 0 Å². The molecule has 0 aliphatic carbocycles. The molecule has 204 valence electrons. The van der Waals surface area contributed by atoms with Gasteiger partial charge < -0.3 is 10.2 Å². The highest BCUT2D eigenvalue weighted by atomic mass is 35.5. The second-order valence-electron chi connectivity index (χ2n) is 9.31. The first kappa shape index (κ1) is 30.9. The minimum Gasteiger partial charge on any atom is -0.354 e. The van der Waals surface area contributed by atoms with Crippen LogP contribution in [0.4, 0.5) is 5.69 Å². The maximum absolute atomic E-state index is 13.8. The van der Waals surface area contributed by atoms with Crippen molar-refractivity contribution in [3.63, 3.8) is 0 Å². The Morgan fingerprint density at radius 2 is 1.59 bits per heavy atom. The number of rotatable bonds is 13. The van der Waals surface area contributed by atoms with Crippen LogP contribution >= 0.6 is 23.2 Å². The first-order valence-corrected chi connectivity index (χ1v) is 15.1. The lowest BCUT2D eigenvalue weighted by atomic mass is 10.0. The molecular formula is C27H37Cl2N3O4S. The molecular weight excluding hydrogens is 533 g/mol. The Bertz CT molecular complexity index is 1150. The Morgan fingerprint density at radius 1 is 1.00 bits per heavy atom. The molecule has 0 spiro atoms. The Balaban J connectivity index is 2.46. The quantitative estimate of drug-likeness (QED) is 0.318. The van der Waals surface area contributed by atoms with E-state index in [1.54, 1.807) is 37.3 Å².